The lowest BCUT2D eigenvalue weighted by molar-refractivity contribution is -0.300. The van der Waals surface area contributed by atoms with E-state index in [4.69, 9.17) is 14.6 Å². The minimum absolute atomic E-state index is 0.308. The van der Waals surface area contributed by atoms with Crippen LogP contribution in [0, 0.1) is 0 Å². The Morgan fingerprint density at radius 2 is 1.79 bits per heavy atom. The van der Waals surface area contributed by atoms with E-state index in [1.807, 2.05) is 0 Å². The topological polar surface area (TPSA) is 99.4 Å². The average Bonchev–Trinajstić information content (AvgIpc) is 2.19. The molecule has 2 unspecified atom stereocenters. The Labute approximate surface area is 81.7 Å². The predicted molar refractivity (Wildman–Crippen MR) is 45.4 cm³/mol. The molecule has 4 N–H and O–H groups in total. The molecule has 0 aliphatic carbocycles. The van der Waals surface area contributed by atoms with E-state index in [1.165, 1.54) is 0 Å². The lowest BCUT2D eigenvalue weighted by atomic mass is 9.99. The summed E-state index contributed by atoms with van der Waals surface area (Å²) in [5.41, 5.74) is 0. The van der Waals surface area contributed by atoms with Gasteiger partial charge in [-0.25, -0.2) is 0 Å². The smallest absolute Gasteiger partial charge is 0.186 e. The second-order valence-corrected chi connectivity index (χ2v) is 3.15. The number of aliphatic hydroxyl groups is 4. The van der Waals surface area contributed by atoms with Crippen LogP contribution in [0.2, 0.25) is 0 Å². The first kappa shape index (κ1) is 11.8. The average molecular weight is 208 g/mol. The first-order chi connectivity index (χ1) is 6.61. The van der Waals surface area contributed by atoms with Crippen molar-refractivity contribution in [3.8, 4) is 0 Å². The van der Waals surface area contributed by atoms with Gasteiger partial charge in [-0.05, 0) is 6.92 Å². The molecule has 1 saturated heterocycles. The van der Waals surface area contributed by atoms with Crippen molar-refractivity contribution in [2.45, 2.75) is 37.6 Å². The number of hydrogen-bond acceptors (Lipinski definition) is 6. The van der Waals surface area contributed by atoms with Crippen molar-refractivity contribution in [2.24, 2.45) is 0 Å². The molecule has 14 heavy (non-hydrogen) atoms. The fourth-order valence-electron chi connectivity index (χ4n) is 1.37. The molecule has 0 aromatic carbocycles. The van der Waals surface area contributed by atoms with Gasteiger partial charge >= 0.3 is 0 Å². The van der Waals surface area contributed by atoms with E-state index in [1.54, 1.807) is 6.92 Å². The molecule has 0 aromatic rings. The van der Waals surface area contributed by atoms with Crippen LogP contribution in [0.15, 0.2) is 0 Å². The Morgan fingerprint density at radius 1 is 1.14 bits per heavy atom. The quantitative estimate of drug-likeness (QED) is 0.421. The summed E-state index contributed by atoms with van der Waals surface area (Å²) in [4.78, 5) is 0. The molecule has 6 heteroatoms. The van der Waals surface area contributed by atoms with Crippen LogP contribution in [0.5, 0.6) is 0 Å². The maximum Gasteiger partial charge on any atom is 0.186 e. The van der Waals surface area contributed by atoms with Gasteiger partial charge in [0.1, 0.15) is 24.4 Å². The van der Waals surface area contributed by atoms with Crippen molar-refractivity contribution < 1.29 is 29.9 Å². The SMILES string of the molecule is CCOC1OC(CO)[C@@H](O)[C@H](O)[C@@H]1O. The van der Waals surface area contributed by atoms with Crippen LogP contribution in [-0.2, 0) is 9.47 Å². The van der Waals surface area contributed by atoms with Gasteiger partial charge in [0.2, 0.25) is 0 Å². The number of hydrogen-bond donors (Lipinski definition) is 4. The summed E-state index contributed by atoms with van der Waals surface area (Å²) in [7, 11) is 0. The van der Waals surface area contributed by atoms with Crippen molar-refractivity contribution in [2.75, 3.05) is 13.2 Å². The molecule has 84 valence electrons. The summed E-state index contributed by atoms with van der Waals surface area (Å²) in [6.45, 7) is 1.58. The van der Waals surface area contributed by atoms with Crippen LogP contribution in [-0.4, -0.2) is 64.3 Å². The maximum atomic E-state index is 9.41. The molecule has 0 spiro atoms. The van der Waals surface area contributed by atoms with Gasteiger partial charge < -0.3 is 29.9 Å². The molecule has 0 bridgehead atoms. The molecule has 6 nitrogen and oxygen atoms in total. The minimum Gasteiger partial charge on any atom is -0.394 e. The molecule has 0 saturated carbocycles. The van der Waals surface area contributed by atoms with E-state index < -0.39 is 37.3 Å². The highest BCUT2D eigenvalue weighted by Crippen LogP contribution is 2.21. The predicted octanol–water partition coefficient (Wildman–Crippen LogP) is -2.18. The summed E-state index contributed by atoms with van der Waals surface area (Å²) in [6, 6.07) is 0. The molecule has 1 aliphatic rings. The molecule has 1 fully saturated rings. The third kappa shape index (κ3) is 2.22. The first-order valence-corrected chi connectivity index (χ1v) is 4.54. The third-order valence-corrected chi connectivity index (χ3v) is 2.18. The van der Waals surface area contributed by atoms with Gasteiger partial charge in [-0.2, -0.15) is 0 Å². The highest BCUT2D eigenvalue weighted by atomic mass is 16.7. The zero-order valence-electron chi connectivity index (χ0n) is 7.91. The molecular formula is C8H16O6. The third-order valence-electron chi connectivity index (χ3n) is 2.18. The molecule has 1 heterocycles. The van der Waals surface area contributed by atoms with E-state index in [2.05, 4.69) is 0 Å². The van der Waals surface area contributed by atoms with Crippen LogP contribution in [0.4, 0.5) is 0 Å². The zero-order chi connectivity index (χ0) is 10.7. The van der Waals surface area contributed by atoms with E-state index in [0.29, 0.717) is 6.61 Å². The second kappa shape index (κ2) is 5.01. The van der Waals surface area contributed by atoms with Crippen LogP contribution in [0.1, 0.15) is 6.92 Å². The van der Waals surface area contributed by atoms with Gasteiger partial charge in [0.15, 0.2) is 6.29 Å². The molecule has 0 amide bonds. The fraction of sp³-hybridized carbons (Fsp3) is 1.00. The van der Waals surface area contributed by atoms with E-state index in [-0.39, 0.29) is 0 Å². The van der Waals surface area contributed by atoms with Gasteiger partial charge in [0.05, 0.1) is 6.61 Å². The Bertz CT molecular complexity index is 171. The van der Waals surface area contributed by atoms with Gasteiger partial charge in [-0.15, -0.1) is 0 Å². The maximum absolute atomic E-state index is 9.41. The normalized spacial score (nSPS) is 43.9. The number of rotatable bonds is 3. The van der Waals surface area contributed by atoms with Crippen molar-refractivity contribution >= 4 is 0 Å². The Hall–Kier alpha value is -0.240. The lowest BCUT2D eigenvalue weighted by Gasteiger charge is -2.39. The van der Waals surface area contributed by atoms with E-state index in [0.717, 1.165) is 0 Å². The van der Waals surface area contributed by atoms with Crippen molar-refractivity contribution in [3.63, 3.8) is 0 Å². The number of aliphatic hydroxyl groups excluding tert-OH is 4. The van der Waals surface area contributed by atoms with Gasteiger partial charge in [0.25, 0.3) is 0 Å². The summed E-state index contributed by atoms with van der Waals surface area (Å²) in [5, 5.41) is 36.9. The highest BCUT2D eigenvalue weighted by molar-refractivity contribution is 4.88. The Balaban J connectivity index is 2.63. The molecule has 1 aliphatic heterocycles. The Kier molecular flexibility index (Phi) is 4.24. The van der Waals surface area contributed by atoms with E-state index >= 15 is 0 Å². The monoisotopic (exact) mass is 208 g/mol. The first-order valence-electron chi connectivity index (χ1n) is 4.54. The van der Waals surface area contributed by atoms with E-state index in [9.17, 15) is 15.3 Å². The Morgan fingerprint density at radius 3 is 2.29 bits per heavy atom. The largest absolute Gasteiger partial charge is 0.394 e. The molecule has 0 aromatic heterocycles. The minimum atomic E-state index is -1.36. The molecule has 0 radical (unpaired) electrons. The van der Waals surface area contributed by atoms with Crippen LogP contribution in [0.25, 0.3) is 0 Å². The second-order valence-electron chi connectivity index (χ2n) is 3.15. The van der Waals surface area contributed by atoms with Gasteiger partial charge in [-0.1, -0.05) is 0 Å². The summed E-state index contributed by atoms with van der Waals surface area (Å²) < 4.78 is 10.0. The van der Waals surface area contributed by atoms with Crippen LogP contribution in [0.3, 0.4) is 0 Å². The highest BCUT2D eigenvalue weighted by Gasteiger charge is 2.43. The van der Waals surface area contributed by atoms with Crippen LogP contribution < -0.4 is 0 Å². The van der Waals surface area contributed by atoms with Crippen molar-refractivity contribution in [1.82, 2.24) is 0 Å². The van der Waals surface area contributed by atoms with Crippen molar-refractivity contribution in [1.29, 1.82) is 0 Å². The lowest BCUT2D eigenvalue weighted by Crippen LogP contribution is -2.59. The fourth-order valence-corrected chi connectivity index (χ4v) is 1.37. The summed E-state index contributed by atoms with van der Waals surface area (Å²) >= 11 is 0. The standard InChI is InChI=1S/C8H16O6/c1-2-13-8-7(12)6(11)5(10)4(3-9)14-8/h4-12H,2-3H2,1H3/t4?,5-,6+,7+,8?/m1/s1. The van der Waals surface area contributed by atoms with Crippen molar-refractivity contribution in [3.05, 3.63) is 0 Å². The van der Waals surface area contributed by atoms with Gasteiger partial charge in [0, 0.05) is 6.61 Å². The molecule has 5 atom stereocenters. The zero-order valence-corrected chi connectivity index (χ0v) is 7.91. The molecular weight excluding hydrogens is 192 g/mol. The summed E-state index contributed by atoms with van der Waals surface area (Å²) in [6.07, 6.45) is -5.89. The molecule has 1 rings (SSSR count). The van der Waals surface area contributed by atoms with Crippen LogP contribution >= 0.6 is 0 Å². The number of ether oxygens (including phenoxy) is 2. The summed E-state index contributed by atoms with van der Waals surface area (Å²) in [5.74, 6) is 0. The van der Waals surface area contributed by atoms with Gasteiger partial charge in [-0.3, -0.25) is 0 Å².